The topological polar surface area (TPSA) is 38.9 Å². The Morgan fingerprint density at radius 2 is 1.51 bits per heavy atom. The Balaban J connectivity index is 0.000000241. The number of nitrogens with zero attached hydrogens (tertiary/aromatic N) is 2. The molecule has 3 aromatic heterocycles. The molecule has 0 N–H and O–H groups in total. The third kappa shape index (κ3) is 8.41. The van der Waals surface area contributed by atoms with Gasteiger partial charge >= 0.3 is 155 Å². The third-order valence-electron chi connectivity index (χ3n) is 8.73. The van der Waals surface area contributed by atoms with Crippen LogP contribution in [0.4, 0.5) is 0 Å². The molecule has 4 aromatic carbocycles. The molecule has 7 rings (SSSR count). The van der Waals surface area contributed by atoms with E-state index in [-0.39, 0.29) is 20.1 Å². The van der Waals surface area contributed by atoms with Gasteiger partial charge in [-0.15, -0.1) is 35.9 Å². The summed E-state index contributed by atoms with van der Waals surface area (Å²) in [6.45, 7) is 10.8. The molecular weight excluding hydrogens is 853 g/mol. The van der Waals surface area contributed by atoms with E-state index in [2.05, 4.69) is 114 Å². The number of fused-ring (bicyclic) bond motifs is 3. The van der Waals surface area contributed by atoms with Crippen LogP contribution in [-0.2, 0) is 20.1 Å². The Labute approximate surface area is 310 Å². The van der Waals surface area contributed by atoms with Crippen molar-refractivity contribution in [1.29, 1.82) is 0 Å². The van der Waals surface area contributed by atoms with Gasteiger partial charge in [-0.05, 0) is 22.8 Å². The summed E-state index contributed by atoms with van der Waals surface area (Å²) in [5.41, 5.74) is 8.58. The van der Waals surface area contributed by atoms with Crippen LogP contribution in [-0.4, -0.2) is 31.3 Å². The van der Waals surface area contributed by atoms with E-state index in [1.54, 1.807) is 6.20 Å². The van der Waals surface area contributed by atoms with Crippen LogP contribution in [0.15, 0.2) is 120 Å². The first-order valence-corrected chi connectivity index (χ1v) is 27.4. The molecule has 251 valence electrons. The van der Waals surface area contributed by atoms with Crippen LogP contribution in [0.25, 0.3) is 55.6 Å². The number of aromatic nitrogens is 2. The molecule has 0 aliphatic carbocycles. The molecule has 0 bridgehead atoms. The molecule has 0 saturated carbocycles. The number of pyridine rings is 2. The Morgan fingerprint density at radius 3 is 2.14 bits per heavy atom. The number of rotatable bonds is 6. The zero-order valence-corrected chi connectivity index (χ0v) is 35.1. The predicted octanol–water partition coefficient (Wildman–Crippen LogP) is 10.9. The molecule has 6 heteroatoms. The van der Waals surface area contributed by atoms with Crippen molar-refractivity contribution in [2.45, 2.75) is 56.7 Å². The van der Waals surface area contributed by atoms with Crippen LogP contribution in [0.2, 0.25) is 36.9 Å². The van der Waals surface area contributed by atoms with Crippen LogP contribution >= 0.6 is 0 Å². The molecule has 0 amide bonds. The maximum absolute atomic E-state index is 8.38. The summed E-state index contributed by atoms with van der Waals surface area (Å²) in [6, 6.07) is 42.1. The second-order valence-electron chi connectivity index (χ2n) is 14.6. The van der Waals surface area contributed by atoms with Crippen molar-refractivity contribution in [2.75, 3.05) is 0 Å². The summed E-state index contributed by atoms with van der Waals surface area (Å²) in [4.78, 5) is 9.09. The summed E-state index contributed by atoms with van der Waals surface area (Å²) in [5.74, 6) is 6.55. The van der Waals surface area contributed by atoms with Gasteiger partial charge in [-0.1, -0.05) is 51.2 Å². The Kier molecular flexibility index (Phi) is 10.9. The van der Waals surface area contributed by atoms with E-state index >= 15 is 0 Å². The minimum atomic E-state index is -1.83. The van der Waals surface area contributed by atoms with Crippen LogP contribution in [0.1, 0.15) is 26.7 Å². The minimum Gasteiger partial charge on any atom is 0 e. The van der Waals surface area contributed by atoms with Crippen molar-refractivity contribution in [1.82, 2.24) is 9.97 Å². The van der Waals surface area contributed by atoms with Gasteiger partial charge < -0.3 is 4.98 Å². The molecule has 0 atom stereocenters. The fourth-order valence-electron chi connectivity index (χ4n) is 5.70. The van der Waals surface area contributed by atoms with Crippen LogP contribution < -0.4 is 9.58 Å². The fourth-order valence-corrected chi connectivity index (χ4v) is 9.18. The van der Waals surface area contributed by atoms with Crippen LogP contribution in [0, 0.1) is 12.1 Å². The summed E-state index contributed by atoms with van der Waals surface area (Å²) >= 11 is -1.83. The van der Waals surface area contributed by atoms with Crippen LogP contribution in [0.5, 0.6) is 0 Å². The van der Waals surface area contributed by atoms with Crippen molar-refractivity contribution in [3.63, 3.8) is 0 Å². The standard InChI is InChI=1S/C29H28GeNO.C14H16NSi.Ir/c1-19(2)21-15-16-31-27(17-21)26-8-6-7-25-24-14-11-22(18-28(24)32-29(25)26)20-9-12-23(13-10-20)30(3,4)5;1-16(2,3)13-9-10-14(15-11-13)12-7-5-4-6-8-12;/h6-7,9-19H,1-5H3;4-7,9-11H,1-3H3;/q2*-1;/i19D;;. The maximum atomic E-state index is 8.38. The molecule has 3 nitrogen and oxygen atoms in total. The van der Waals surface area contributed by atoms with Crippen LogP contribution in [0.3, 0.4) is 0 Å². The van der Waals surface area contributed by atoms with E-state index in [0.717, 1.165) is 55.6 Å². The predicted molar refractivity (Wildman–Crippen MR) is 210 cm³/mol. The molecule has 7 aromatic rings. The first-order valence-electron chi connectivity index (χ1n) is 17.1. The van der Waals surface area contributed by atoms with Gasteiger partial charge in [0.1, 0.15) is 0 Å². The third-order valence-corrected chi connectivity index (χ3v) is 15.1. The first kappa shape index (κ1) is 35.2. The zero-order chi connectivity index (χ0) is 35.0. The van der Waals surface area contributed by atoms with Crippen molar-refractivity contribution < 1.29 is 25.9 Å². The number of benzene rings is 4. The van der Waals surface area contributed by atoms with Gasteiger partial charge in [-0.3, -0.25) is 0 Å². The molecule has 1 radical (unpaired) electrons. The van der Waals surface area contributed by atoms with Gasteiger partial charge in [0.25, 0.3) is 0 Å². The quantitative estimate of drug-likeness (QED) is 0.123. The number of hydrogen-bond donors (Lipinski definition) is 0. The Hall–Kier alpha value is -3.61. The molecule has 0 aliphatic rings. The molecule has 0 saturated heterocycles. The summed E-state index contributed by atoms with van der Waals surface area (Å²) in [6.07, 6.45) is 3.78. The Bertz CT molecular complexity index is 2210. The van der Waals surface area contributed by atoms with Crippen molar-refractivity contribution in [3.05, 3.63) is 133 Å². The van der Waals surface area contributed by atoms with Gasteiger partial charge in [0.05, 0.1) is 8.07 Å². The molecule has 3 heterocycles. The molecule has 0 fully saturated rings. The average molecular weight is 899 g/mol. The van der Waals surface area contributed by atoms with Gasteiger partial charge in [0.15, 0.2) is 0 Å². The van der Waals surface area contributed by atoms with E-state index in [0.29, 0.717) is 0 Å². The van der Waals surface area contributed by atoms with Gasteiger partial charge in [-0.25, -0.2) is 0 Å². The second-order valence-corrected chi connectivity index (χ2v) is 30.4. The molecule has 0 unspecified atom stereocenters. The second kappa shape index (κ2) is 15.1. The summed E-state index contributed by atoms with van der Waals surface area (Å²) in [7, 11) is -1.23. The summed E-state index contributed by atoms with van der Waals surface area (Å²) in [5, 5.41) is 3.54. The number of furan rings is 1. The minimum absolute atomic E-state index is 0. The zero-order valence-electron chi connectivity index (χ0n) is 30.6. The SMILES string of the molecule is C[Si](C)(C)c1ccc(-c2[c-]cccc2)nc1.[2H]C(C)(C)c1ccnc(-c2[c-]ccc3c2oc2cc(-c4cc[c]([Ge]([CH3])([CH3])[CH3])cc4)ccc23)c1.[Ir]. The molecule has 49 heavy (non-hydrogen) atoms. The average Bonchev–Trinajstić information content (AvgIpc) is 3.46. The van der Waals surface area contributed by atoms with Gasteiger partial charge in [-0.2, -0.15) is 0 Å². The van der Waals surface area contributed by atoms with Crippen molar-refractivity contribution in [3.8, 4) is 33.6 Å². The smallest absolute Gasteiger partial charge is 0 e. The first-order chi connectivity index (χ1) is 23.2. The van der Waals surface area contributed by atoms with E-state index in [9.17, 15) is 0 Å². The van der Waals surface area contributed by atoms with E-state index < -0.39 is 27.2 Å². The van der Waals surface area contributed by atoms with E-state index in [1.165, 1.54) is 15.1 Å². The molecule has 0 aliphatic heterocycles. The number of hydrogen-bond acceptors (Lipinski definition) is 3. The van der Waals surface area contributed by atoms with Gasteiger partial charge in [0.2, 0.25) is 0 Å². The van der Waals surface area contributed by atoms with Crippen molar-refractivity contribution >= 4 is 52.9 Å². The Morgan fingerprint density at radius 1 is 0.755 bits per heavy atom. The summed E-state index contributed by atoms with van der Waals surface area (Å²) < 4.78 is 16.3. The molecular formula is C43H44GeIrN2OSi-2. The normalized spacial score (nSPS) is 12.2. The van der Waals surface area contributed by atoms with Gasteiger partial charge in [0, 0.05) is 33.9 Å². The van der Waals surface area contributed by atoms with E-state index in [4.69, 9.17) is 5.79 Å². The monoisotopic (exact) mass is 900 g/mol. The van der Waals surface area contributed by atoms with E-state index in [1.807, 2.05) is 68.6 Å². The fraction of sp³-hybridized carbons (Fsp3) is 0.209. The van der Waals surface area contributed by atoms with Crippen molar-refractivity contribution in [2.24, 2.45) is 0 Å². The molecule has 0 spiro atoms.